The highest BCUT2D eigenvalue weighted by molar-refractivity contribution is 7.19. The minimum absolute atomic E-state index is 0.304. The van der Waals surface area contributed by atoms with Gasteiger partial charge in [0.15, 0.2) is 27.6 Å². The maximum atomic E-state index is 6.28. The van der Waals surface area contributed by atoms with Crippen molar-refractivity contribution in [2.45, 2.75) is 39.0 Å². The molecule has 0 aliphatic heterocycles. The van der Waals surface area contributed by atoms with Gasteiger partial charge in [-0.3, -0.25) is 0 Å². The minimum Gasteiger partial charge on any atom is -0.463 e. The summed E-state index contributed by atoms with van der Waals surface area (Å²) >= 11 is 6.28. The van der Waals surface area contributed by atoms with E-state index in [-0.39, 0.29) is 18.6 Å². The van der Waals surface area contributed by atoms with Crippen LogP contribution >= 0.6 is 11.1 Å². The van der Waals surface area contributed by atoms with Crippen molar-refractivity contribution in [1.29, 1.82) is 0 Å². The number of halogens is 1. The number of rotatable bonds is 7. The van der Waals surface area contributed by atoms with Gasteiger partial charge in [0.1, 0.15) is 0 Å². The van der Waals surface area contributed by atoms with Crippen molar-refractivity contribution in [3.8, 4) is 0 Å². The molecule has 0 saturated heterocycles. The Morgan fingerprint density at radius 1 is 1.38 bits per heavy atom. The first kappa shape index (κ1) is 14.1. The van der Waals surface area contributed by atoms with E-state index in [1.807, 2.05) is 0 Å². The molecule has 0 aromatic rings. The van der Waals surface area contributed by atoms with Gasteiger partial charge in [-0.05, 0) is 25.7 Å². The Kier molecular flexibility index (Phi) is 7.99. The molecule has 80 valence electrons. The van der Waals surface area contributed by atoms with Gasteiger partial charge in [0, 0.05) is 0 Å². The number of hydrogen-bond acceptors (Lipinski definition) is 2. The summed E-state index contributed by atoms with van der Waals surface area (Å²) in [5, 5.41) is 0. The molecular weight excluding hydrogens is 252 g/mol. The van der Waals surface area contributed by atoms with E-state index in [2.05, 4.69) is 26.6 Å². The molecule has 0 aromatic carbocycles. The molecule has 2 nitrogen and oxygen atoms in total. The third kappa shape index (κ3) is 9.38. The molecule has 0 spiro atoms. The van der Waals surface area contributed by atoms with E-state index in [9.17, 15) is 0 Å². The molecule has 0 aromatic heterocycles. The summed E-state index contributed by atoms with van der Waals surface area (Å²) < 4.78 is 11.5. The van der Waals surface area contributed by atoms with Gasteiger partial charge >= 0.3 is 0 Å². The van der Waals surface area contributed by atoms with Gasteiger partial charge in [0.2, 0.25) is 0 Å². The lowest BCUT2D eigenvalue weighted by Gasteiger charge is -2.19. The molecule has 0 saturated carbocycles. The second-order valence-electron chi connectivity index (χ2n) is 3.62. The molecule has 1 unspecified atom stereocenters. The van der Waals surface area contributed by atoms with Crippen LogP contribution in [0.3, 0.4) is 0 Å². The van der Waals surface area contributed by atoms with Crippen molar-refractivity contribution in [2.24, 2.45) is 0 Å². The summed E-state index contributed by atoms with van der Waals surface area (Å²) in [5.41, 5.74) is 0. The van der Waals surface area contributed by atoms with E-state index in [1.165, 1.54) is 0 Å². The van der Waals surface area contributed by atoms with Crippen molar-refractivity contribution in [3.63, 3.8) is 0 Å². The highest BCUT2D eigenvalue weighted by Gasteiger charge is 2.24. The lowest BCUT2D eigenvalue weighted by molar-refractivity contribution is 0.591. The zero-order chi connectivity index (χ0) is 10.3. The lowest BCUT2D eigenvalue weighted by Crippen LogP contribution is -2.32. The largest absolute Gasteiger partial charge is 0.463 e. The topological polar surface area (TPSA) is 18.5 Å². The normalized spacial score (nSPS) is 18.0. The van der Waals surface area contributed by atoms with E-state index >= 15 is 0 Å². The van der Waals surface area contributed by atoms with Crippen LogP contribution < -0.4 is 0 Å². The summed E-state index contributed by atoms with van der Waals surface area (Å²) in [4.78, 5) is 0. The van der Waals surface area contributed by atoms with Gasteiger partial charge in [-0.2, -0.15) is 0 Å². The Hall–Kier alpha value is 1.08. The Bertz CT molecular complexity index is 134. The Balaban J connectivity index is 3.40. The minimum atomic E-state index is -1.77. The Morgan fingerprint density at radius 3 is 2.46 bits per heavy atom. The van der Waals surface area contributed by atoms with E-state index < -0.39 is 16.7 Å². The smallest absolute Gasteiger partial charge is 0.276 e. The van der Waals surface area contributed by atoms with Crippen LogP contribution in [0, 0.1) is 0 Å². The van der Waals surface area contributed by atoms with Crippen LogP contribution in [0.5, 0.6) is 0 Å². The fraction of sp³-hybridized carbons (Fsp3) is 1.00. The monoisotopic (exact) mass is 272 g/mol. The predicted molar refractivity (Wildman–Crippen MR) is 70.7 cm³/mol. The molecule has 0 amide bonds. The predicted octanol–water partition coefficient (Wildman–Crippen LogP) is 0.806. The van der Waals surface area contributed by atoms with E-state index in [4.69, 9.17) is 19.3 Å². The summed E-state index contributed by atoms with van der Waals surface area (Å²) in [6.45, 7) is 8.69. The average molecular weight is 273 g/mol. The third-order valence-corrected chi connectivity index (χ3v) is 16.0. The van der Waals surface area contributed by atoms with Crippen molar-refractivity contribution in [1.82, 2.24) is 0 Å². The quantitative estimate of drug-likeness (QED) is 0.388. The number of hydrogen-bond donors (Lipinski definition) is 0. The van der Waals surface area contributed by atoms with Crippen LogP contribution in [0.2, 0.25) is 25.7 Å². The molecule has 0 aliphatic carbocycles. The highest BCUT2D eigenvalue weighted by Crippen LogP contribution is 2.17. The molecule has 7 heteroatoms. The van der Waals surface area contributed by atoms with Crippen molar-refractivity contribution in [2.75, 3.05) is 0 Å². The highest BCUT2D eigenvalue weighted by atomic mass is 35.6. The summed E-state index contributed by atoms with van der Waals surface area (Å²) in [7, 11) is -3.23. The van der Waals surface area contributed by atoms with Gasteiger partial charge in [0.25, 0.3) is 7.63 Å². The molecule has 0 bridgehead atoms. The fourth-order valence-electron chi connectivity index (χ4n) is 1.06. The van der Waals surface area contributed by atoms with Crippen LogP contribution in [0.4, 0.5) is 0 Å². The van der Waals surface area contributed by atoms with Crippen LogP contribution in [-0.2, 0) is 8.23 Å². The van der Waals surface area contributed by atoms with E-state index in [0.717, 1.165) is 12.5 Å². The molecule has 0 rings (SSSR count). The summed E-state index contributed by atoms with van der Waals surface area (Å²) in [6.07, 6.45) is 1.14. The molecule has 0 heterocycles. The van der Waals surface area contributed by atoms with Gasteiger partial charge in [-0.15, -0.1) is 11.1 Å². The first-order chi connectivity index (χ1) is 5.98. The lowest BCUT2D eigenvalue weighted by atomic mass is 10.6. The van der Waals surface area contributed by atoms with E-state index in [1.54, 1.807) is 0 Å². The van der Waals surface area contributed by atoms with Crippen molar-refractivity contribution < 1.29 is 8.23 Å². The van der Waals surface area contributed by atoms with Crippen LogP contribution in [0.1, 0.15) is 13.3 Å². The van der Waals surface area contributed by atoms with Crippen LogP contribution in [0.15, 0.2) is 0 Å². The first-order valence-electron chi connectivity index (χ1n) is 4.92. The van der Waals surface area contributed by atoms with Crippen LogP contribution in [-0.4, -0.2) is 35.2 Å². The molecule has 0 N–H and O–H groups in total. The molecule has 0 radical (unpaired) electrons. The second kappa shape index (κ2) is 7.38. The summed E-state index contributed by atoms with van der Waals surface area (Å²) in [5.74, 6) is 0. The van der Waals surface area contributed by atoms with Gasteiger partial charge < -0.3 is 8.23 Å². The molecule has 0 fully saturated rings. The zero-order valence-corrected chi connectivity index (χ0v) is 14.8. The summed E-state index contributed by atoms with van der Waals surface area (Å²) in [6, 6.07) is 1.08. The van der Waals surface area contributed by atoms with Gasteiger partial charge in [-0.1, -0.05) is 13.3 Å². The second-order valence-corrected chi connectivity index (χ2v) is 16.6. The maximum Gasteiger partial charge on any atom is 0.276 e. The molecule has 0 aliphatic rings. The SMILES string of the molecule is CCC[Si](C)(Cl)O[SiH2][SiH2]O[SiH](C)C. The van der Waals surface area contributed by atoms with Crippen LogP contribution in [0.25, 0.3) is 0 Å². The fourth-order valence-corrected chi connectivity index (χ4v) is 19.2. The maximum absolute atomic E-state index is 6.28. The molecular formula is C6H21ClO2Si4. The third-order valence-electron chi connectivity index (χ3n) is 1.63. The van der Waals surface area contributed by atoms with E-state index in [0.29, 0.717) is 0 Å². The molecule has 1 atom stereocenters. The standard InChI is InChI=1S/C6H21ClO2Si4/c1-5-6-13(4,7)9-11-10-8-12(2)3/h12H,5-6,10-11H2,1-4H3. The van der Waals surface area contributed by atoms with Gasteiger partial charge in [-0.25, -0.2) is 0 Å². The average Bonchev–Trinajstić information content (AvgIpc) is 1.98. The first-order valence-corrected chi connectivity index (χ1v) is 16.5. The van der Waals surface area contributed by atoms with Crippen molar-refractivity contribution >= 4 is 46.3 Å². The van der Waals surface area contributed by atoms with Crippen molar-refractivity contribution in [3.05, 3.63) is 0 Å². The Morgan fingerprint density at radius 2 is 2.00 bits per heavy atom. The van der Waals surface area contributed by atoms with Gasteiger partial charge in [0.05, 0.1) is 0 Å². The molecule has 13 heavy (non-hydrogen) atoms. The Labute approximate surface area is 93.6 Å². The zero-order valence-electron chi connectivity index (χ0n) is 9.10.